The number of amides is 2. The van der Waals surface area contributed by atoms with Gasteiger partial charge in [-0.1, -0.05) is 17.7 Å². The number of hydrogen-bond acceptors (Lipinski definition) is 2. The molecule has 2 amide bonds. The number of nitrogens with zero attached hydrogens (tertiary/aromatic N) is 1. The standard InChI is InChI=1S/C17H16ClFN2O2/c1-12(22)21(16-7-5-14(18)6-8-16)10-9-20-17(23)13-3-2-4-15(19)11-13/h2-8,11H,9-10H2,1H3,(H,20,23). The summed E-state index contributed by atoms with van der Waals surface area (Å²) in [6, 6.07) is 12.3. The third-order valence-electron chi connectivity index (χ3n) is 3.23. The first-order chi connectivity index (χ1) is 11.0. The van der Waals surface area contributed by atoms with Gasteiger partial charge in [-0.15, -0.1) is 0 Å². The molecule has 0 heterocycles. The fourth-order valence-corrected chi connectivity index (χ4v) is 2.23. The van der Waals surface area contributed by atoms with E-state index in [9.17, 15) is 14.0 Å². The highest BCUT2D eigenvalue weighted by Crippen LogP contribution is 2.17. The van der Waals surface area contributed by atoms with E-state index in [1.807, 2.05) is 0 Å². The Bertz CT molecular complexity index is 704. The van der Waals surface area contributed by atoms with E-state index in [1.54, 1.807) is 24.3 Å². The molecule has 23 heavy (non-hydrogen) atoms. The van der Waals surface area contributed by atoms with Crippen LogP contribution in [0.4, 0.5) is 10.1 Å². The lowest BCUT2D eigenvalue weighted by Crippen LogP contribution is -2.37. The molecular weight excluding hydrogens is 319 g/mol. The summed E-state index contributed by atoms with van der Waals surface area (Å²) in [6.45, 7) is 2.00. The lowest BCUT2D eigenvalue weighted by atomic mass is 10.2. The maximum absolute atomic E-state index is 13.1. The van der Waals surface area contributed by atoms with Crippen LogP contribution >= 0.6 is 11.6 Å². The number of benzene rings is 2. The maximum atomic E-state index is 13.1. The Morgan fingerprint density at radius 1 is 1.17 bits per heavy atom. The second-order valence-electron chi connectivity index (χ2n) is 4.91. The molecule has 0 saturated heterocycles. The number of carbonyl (C=O) groups is 2. The average molecular weight is 335 g/mol. The predicted molar refractivity (Wildman–Crippen MR) is 88.2 cm³/mol. The minimum atomic E-state index is -0.468. The van der Waals surface area contributed by atoms with E-state index in [4.69, 9.17) is 11.6 Å². The monoisotopic (exact) mass is 334 g/mol. The van der Waals surface area contributed by atoms with Gasteiger partial charge in [0.25, 0.3) is 5.91 Å². The largest absolute Gasteiger partial charge is 0.350 e. The van der Waals surface area contributed by atoms with Crippen molar-refractivity contribution in [2.75, 3.05) is 18.0 Å². The van der Waals surface area contributed by atoms with Gasteiger partial charge in [0.1, 0.15) is 5.82 Å². The Labute approximate surface area is 138 Å². The molecule has 0 bridgehead atoms. The molecule has 4 nitrogen and oxygen atoms in total. The van der Waals surface area contributed by atoms with E-state index < -0.39 is 5.82 Å². The van der Waals surface area contributed by atoms with Crippen LogP contribution < -0.4 is 10.2 Å². The predicted octanol–water partition coefficient (Wildman–Crippen LogP) is 3.26. The van der Waals surface area contributed by atoms with Crippen molar-refractivity contribution in [2.24, 2.45) is 0 Å². The number of halogens is 2. The van der Waals surface area contributed by atoms with Gasteiger partial charge in [-0.25, -0.2) is 4.39 Å². The fourth-order valence-electron chi connectivity index (χ4n) is 2.10. The highest BCUT2D eigenvalue weighted by molar-refractivity contribution is 6.30. The summed E-state index contributed by atoms with van der Waals surface area (Å²) in [5.74, 6) is -0.999. The van der Waals surface area contributed by atoms with Gasteiger partial charge in [0, 0.05) is 36.3 Å². The number of anilines is 1. The van der Waals surface area contributed by atoms with Crippen molar-refractivity contribution in [1.82, 2.24) is 5.32 Å². The Hall–Kier alpha value is -2.40. The quantitative estimate of drug-likeness (QED) is 0.912. The minimum Gasteiger partial charge on any atom is -0.350 e. The van der Waals surface area contributed by atoms with Crippen molar-refractivity contribution in [3.8, 4) is 0 Å². The van der Waals surface area contributed by atoms with Gasteiger partial charge in [0.15, 0.2) is 0 Å². The van der Waals surface area contributed by atoms with E-state index in [1.165, 1.54) is 30.0 Å². The number of rotatable bonds is 5. The summed E-state index contributed by atoms with van der Waals surface area (Å²) in [7, 11) is 0. The lowest BCUT2D eigenvalue weighted by molar-refractivity contribution is -0.116. The summed E-state index contributed by atoms with van der Waals surface area (Å²) in [5.41, 5.74) is 0.938. The van der Waals surface area contributed by atoms with Gasteiger partial charge in [-0.05, 0) is 42.5 Å². The first-order valence-electron chi connectivity index (χ1n) is 7.05. The van der Waals surface area contributed by atoms with Crippen molar-refractivity contribution < 1.29 is 14.0 Å². The van der Waals surface area contributed by atoms with Crippen molar-refractivity contribution in [3.05, 3.63) is 64.9 Å². The van der Waals surface area contributed by atoms with Gasteiger partial charge in [0.05, 0.1) is 0 Å². The molecule has 1 N–H and O–H groups in total. The van der Waals surface area contributed by atoms with Crippen LogP contribution in [0, 0.1) is 5.82 Å². The van der Waals surface area contributed by atoms with Crippen LogP contribution in [-0.4, -0.2) is 24.9 Å². The molecule has 0 spiro atoms. The Kier molecular flexibility index (Phi) is 5.71. The summed E-state index contributed by atoms with van der Waals surface area (Å²) in [6.07, 6.45) is 0. The number of hydrogen-bond donors (Lipinski definition) is 1. The van der Waals surface area contributed by atoms with Gasteiger partial charge in [-0.2, -0.15) is 0 Å². The SMILES string of the molecule is CC(=O)N(CCNC(=O)c1cccc(F)c1)c1ccc(Cl)cc1. The second-order valence-corrected chi connectivity index (χ2v) is 5.35. The summed E-state index contributed by atoms with van der Waals surface area (Å²) in [4.78, 5) is 25.2. The summed E-state index contributed by atoms with van der Waals surface area (Å²) in [5, 5.41) is 3.25. The first-order valence-corrected chi connectivity index (χ1v) is 7.42. The zero-order valence-corrected chi connectivity index (χ0v) is 13.3. The second kappa shape index (κ2) is 7.74. The van der Waals surface area contributed by atoms with E-state index in [0.717, 1.165) is 6.07 Å². The number of carbonyl (C=O) groups excluding carboxylic acids is 2. The van der Waals surface area contributed by atoms with Crippen molar-refractivity contribution in [1.29, 1.82) is 0 Å². The van der Waals surface area contributed by atoms with E-state index in [-0.39, 0.29) is 23.9 Å². The highest BCUT2D eigenvalue weighted by Gasteiger charge is 2.12. The van der Waals surface area contributed by atoms with Crippen LogP contribution in [0.2, 0.25) is 5.02 Å². The van der Waals surface area contributed by atoms with Gasteiger partial charge in [0.2, 0.25) is 5.91 Å². The molecule has 2 aromatic carbocycles. The molecular formula is C17H16ClFN2O2. The molecule has 0 fully saturated rings. The van der Waals surface area contributed by atoms with E-state index >= 15 is 0 Å². The average Bonchev–Trinajstić information content (AvgIpc) is 2.52. The molecule has 2 rings (SSSR count). The summed E-state index contributed by atoms with van der Waals surface area (Å²) < 4.78 is 13.1. The van der Waals surface area contributed by atoms with Crippen molar-refractivity contribution >= 4 is 29.1 Å². The highest BCUT2D eigenvalue weighted by atomic mass is 35.5. The maximum Gasteiger partial charge on any atom is 0.251 e. The molecule has 0 aliphatic carbocycles. The molecule has 0 aliphatic heterocycles. The molecule has 0 aromatic heterocycles. The van der Waals surface area contributed by atoms with Crippen LogP contribution in [0.25, 0.3) is 0 Å². The molecule has 0 aliphatic rings. The number of nitrogens with one attached hydrogen (secondary N) is 1. The molecule has 120 valence electrons. The molecule has 6 heteroatoms. The summed E-state index contributed by atoms with van der Waals surface area (Å²) >= 11 is 5.83. The van der Waals surface area contributed by atoms with Crippen LogP contribution in [0.15, 0.2) is 48.5 Å². The zero-order chi connectivity index (χ0) is 16.8. The molecule has 0 saturated carbocycles. The Balaban J connectivity index is 1.96. The van der Waals surface area contributed by atoms with Gasteiger partial charge < -0.3 is 10.2 Å². The van der Waals surface area contributed by atoms with Crippen LogP contribution in [0.1, 0.15) is 17.3 Å². The van der Waals surface area contributed by atoms with Crippen LogP contribution in [-0.2, 0) is 4.79 Å². The van der Waals surface area contributed by atoms with Gasteiger partial charge in [-0.3, -0.25) is 9.59 Å². The molecule has 0 atom stereocenters. The lowest BCUT2D eigenvalue weighted by Gasteiger charge is -2.21. The van der Waals surface area contributed by atoms with Crippen LogP contribution in [0.5, 0.6) is 0 Å². The van der Waals surface area contributed by atoms with Crippen LogP contribution in [0.3, 0.4) is 0 Å². The van der Waals surface area contributed by atoms with E-state index in [0.29, 0.717) is 17.3 Å². The van der Waals surface area contributed by atoms with Crippen molar-refractivity contribution in [3.63, 3.8) is 0 Å². The third kappa shape index (κ3) is 4.79. The topological polar surface area (TPSA) is 49.4 Å². The Morgan fingerprint density at radius 3 is 2.48 bits per heavy atom. The van der Waals surface area contributed by atoms with Gasteiger partial charge >= 0.3 is 0 Å². The normalized spacial score (nSPS) is 10.2. The smallest absolute Gasteiger partial charge is 0.251 e. The third-order valence-corrected chi connectivity index (χ3v) is 3.48. The zero-order valence-electron chi connectivity index (χ0n) is 12.6. The fraction of sp³-hybridized carbons (Fsp3) is 0.176. The molecule has 0 unspecified atom stereocenters. The molecule has 2 aromatic rings. The first kappa shape index (κ1) is 17.0. The van der Waals surface area contributed by atoms with Crippen molar-refractivity contribution in [2.45, 2.75) is 6.92 Å². The molecule has 0 radical (unpaired) electrons. The Morgan fingerprint density at radius 2 is 1.87 bits per heavy atom. The van der Waals surface area contributed by atoms with E-state index in [2.05, 4.69) is 5.32 Å². The minimum absolute atomic E-state index is 0.146.